The van der Waals surface area contributed by atoms with Crippen molar-refractivity contribution in [1.29, 1.82) is 0 Å². The standard InChI is InChI=1S/C49H31N3/c1-3-12-32(13-4-1)33-22-28-37(29-23-33)48-50-47(36-14-5-2-6-15-36)51-49(52-48)45-19-10-7-16-38(45)34-24-26-35(27-25-34)39-30-31-44-41-18-9-8-17-40(41)43-21-11-20-42(39)46(43)44/h1-31H. The first-order valence-electron chi connectivity index (χ1n) is 17.6. The van der Waals surface area contributed by atoms with Crippen LogP contribution in [-0.4, -0.2) is 15.0 Å². The minimum Gasteiger partial charge on any atom is -0.208 e. The molecule has 0 fully saturated rings. The molecule has 1 heterocycles. The highest BCUT2D eigenvalue weighted by atomic mass is 15.0. The molecule has 1 aliphatic rings. The van der Waals surface area contributed by atoms with Crippen LogP contribution in [0.25, 0.3) is 101 Å². The molecular formula is C49H31N3. The number of benzene rings is 8. The van der Waals surface area contributed by atoms with Gasteiger partial charge in [-0.05, 0) is 66.4 Å². The van der Waals surface area contributed by atoms with Gasteiger partial charge in [-0.15, -0.1) is 0 Å². The molecule has 52 heavy (non-hydrogen) atoms. The van der Waals surface area contributed by atoms with Crippen LogP contribution in [0.5, 0.6) is 0 Å². The molecule has 0 aliphatic heterocycles. The van der Waals surface area contributed by atoms with E-state index in [2.05, 4.69) is 152 Å². The van der Waals surface area contributed by atoms with E-state index in [1.54, 1.807) is 0 Å². The SMILES string of the molecule is c1ccc(-c2ccc(-c3nc(-c4ccccc4)nc(-c4ccccc4-c4ccc(-c5ccc6c7c(cccc57)-c5ccccc5-6)cc4)n3)cc2)cc1. The summed E-state index contributed by atoms with van der Waals surface area (Å²) in [5.41, 5.74) is 15.0. The molecule has 0 bridgehead atoms. The fourth-order valence-electron chi connectivity index (χ4n) is 7.60. The molecule has 0 saturated carbocycles. The normalized spacial score (nSPS) is 11.5. The highest BCUT2D eigenvalue weighted by Gasteiger charge is 2.22. The van der Waals surface area contributed by atoms with E-state index in [0.717, 1.165) is 33.4 Å². The maximum Gasteiger partial charge on any atom is 0.164 e. The molecule has 0 saturated heterocycles. The first kappa shape index (κ1) is 29.9. The van der Waals surface area contributed by atoms with Gasteiger partial charge in [0.05, 0.1) is 0 Å². The minimum atomic E-state index is 0.641. The molecule has 242 valence electrons. The van der Waals surface area contributed by atoms with Gasteiger partial charge >= 0.3 is 0 Å². The highest BCUT2D eigenvalue weighted by molar-refractivity contribution is 6.18. The van der Waals surface area contributed by atoms with Crippen molar-refractivity contribution in [2.24, 2.45) is 0 Å². The molecular weight excluding hydrogens is 631 g/mol. The summed E-state index contributed by atoms with van der Waals surface area (Å²) in [6.07, 6.45) is 0. The average Bonchev–Trinajstić information content (AvgIpc) is 3.56. The van der Waals surface area contributed by atoms with Gasteiger partial charge in [-0.2, -0.15) is 0 Å². The summed E-state index contributed by atoms with van der Waals surface area (Å²) in [5.74, 6) is 1.93. The quantitative estimate of drug-likeness (QED) is 0.178. The van der Waals surface area contributed by atoms with Crippen LogP contribution in [0.2, 0.25) is 0 Å². The molecule has 0 unspecified atom stereocenters. The van der Waals surface area contributed by atoms with E-state index in [9.17, 15) is 0 Å². The topological polar surface area (TPSA) is 38.7 Å². The Morgan fingerprint density at radius 3 is 1.27 bits per heavy atom. The number of hydrogen-bond donors (Lipinski definition) is 0. The molecule has 3 heteroatoms. The molecule has 1 aromatic heterocycles. The summed E-state index contributed by atoms with van der Waals surface area (Å²) in [6.45, 7) is 0. The molecule has 3 nitrogen and oxygen atoms in total. The number of aromatic nitrogens is 3. The van der Waals surface area contributed by atoms with Crippen LogP contribution >= 0.6 is 0 Å². The minimum absolute atomic E-state index is 0.641. The Hall–Kier alpha value is -6.97. The largest absolute Gasteiger partial charge is 0.208 e. The number of nitrogens with zero attached hydrogens (tertiary/aromatic N) is 3. The van der Waals surface area contributed by atoms with Crippen molar-refractivity contribution in [3.8, 4) is 89.8 Å². The molecule has 10 rings (SSSR count). The Labute approximate surface area is 302 Å². The summed E-state index contributed by atoms with van der Waals surface area (Å²) in [4.78, 5) is 15.2. The summed E-state index contributed by atoms with van der Waals surface area (Å²) in [5, 5.41) is 2.62. The van der Waals surface area contributed by atoms with Crippen molar-refractivity contribution in [1.82, 2.24) is 15.0 Å². The fourth-order valence-corrected chi connectivity index (χ4v) is 7.60. The van der Waals surface area contributed by atoms with Crippen LogP contribution in [0.4, 0.5) is 0 Å². The monoisotopic (exact) mass is 661 g/mol. The van der Waals surface area contributed by atoms with Crippen LogP contribution in [-0.2, 0) is 0 Å². The van der Waals surface area contributed by atoms with E-state index in [-0.39, 0.29) is 0 Å². The lowest BCUT2D eigenvalue weighted by molar-refractivity contribution is 1.07. The van der Waals surface area contributed by atoms with Crippen molar-refractivity contribution in [2.75, 3.05) is 0 Å². The molecule has 0 N–H and O–H groups in total. The van der Waals surface area contributed by atoms with Crippen molar-refractivity contribution >= 4 is 10.8 Å². The van der Waals surface area contributed by atoms with Crippen molar-refractivity contribution in [3.63, 3.8) is 0 Å². The highest BCUT2D eigenvalue weighted by Crippen LogP contribution is 2.49. The zero-order valence-corrected chi connectivity index (χ0v) is 28.2. The Bertz CT molecular complexity index is 2720. The van der Waals surface area contributed by atoms with E-state index in [4.69, 9.17) is 15.0 Å². The summed E-state index contributed by atoms with van der Waals surface area (Å²) in [7, 11) is 0. The van der Waals surface area contributed by atoms with Gasteiger partial charge in [-0.1, -0.05) is 188 Å². The van der Waals surface area contributed by atoms with Crippen LogP contribution in [0.15, 0.2) is 188 Å². The second-order valence-corrected chi connectivity index (χ2v) is 13.2. The fraction of sp³-hybridized carbons (Fsp3) is 0. The number of rotatable bonds is 6. The molecule has 0 spiro atoms. The molecule has 0 radical (unpaired) electrons. The lowest BCUT2D eigenvalue weighted by Crippen LogP contribution is -2.01. The Morgan fingerprint density at radius 2 is 0.615 bits per heavy atom. The van der Waals surface area contributed by atoms with Gasteiger partial charge in [-0.3, -0.25) is 0 Å². The van der Waals surface area contributed by atoms with Crippen molar-refractivity contribution in [2.45, 2.75) is 0 Å². The molecule has 0 atom stereocenters. The summed E-state index contributed by atoms with van der Waals surface area (Å²) >= 11 is 0. The zero-order chi connectivity index (χ0) is 34.4. The Kier molecular flexibility index (Phi) is 7.14. The van der Waals surface area contributed by atoms with Gasteiger partial charge in [0.1, 0.15) is 0 Å². The van der Waals surface area contributed by atoms with Gasteiger partial charge in [0.2, 0.25) is 0 Å². The summed E-state index contributed by atoms with van der Waals surface area (Å²) in [6, 6.07) is 66.3. The van der Waals surface area contributed by atoms with Gasteiger partial charge in [0.15, 0.2) is 17.5 Å². The van der Waals surface area contributed by atoms with E-state index < -0.39 is 0 Å². The molecule has 9 aromatic rings. The molecule has 1 aliphatic carbocycles. The van der Waals surface area contributed by atoms with Crippen molar-refractivity contribution < 1.29 is 0 Å². The van der Waals surface area contributed by atoms with Gasteiger partial charge in [0.25, 0.3) is 0 Å². The van der Waals surface area contributed by atoms with Crippen LogP contribution in [0.1, 0.15) is 0 Å². The predicted octanol–water partition coefficient (Wildman–Crippen LogP) is 12.7. The predicted molar refractivity (Wildman–Crippen MR) is 214 cm³/mol. The summed E-state index contributed by atoms with van der Waals surface area (Å²) < 4.78 is 0. The lowest BCUT2D eigenvalue weighted by Gasteiger charge is -2.13. The first-order chi connectivity index (χ1) is 25.8. The third kappa shape index (κ3) is 5.10. The van der Waals surface area contributed by atoms with E-state index in [1.807, 2.05) is 36.4 Å². The van der Waals surface area contributed by atoms with Crippen LogP contribution < -0.4 is 0 Å². The smallest absolute Gasteiger partial charge is 0.164 e. The Balaban J connectivity index is 1.05. The molecule has 8 aromatic carbocycles. The average molecular weight is 662 g/mol. The number of hydrogen-bond acceptors (Lipinski definition) is 3. The van der Waals surface area contributed by atoms with Gasteiger partial charge in [-0.25, -0.2) is 15.0 Å². The second-order valence-electron chi connectivity index (χ2n) is 13.2. The Morgan fingerprint density at radius 1 is 0.212 bits per heavy atom. The van der Waals surface area contributed by atoms with E-state index in [0.29, 0.717) is 17.5 Å². The number of fused-ring (bicyclic) bond motifs is 3. The van der Waals surface area contributed by atoms with Crippen molar-refractivity contribution in [3.05, 3.63) is 188 Å². The van der Waals surface area contributed by atoms with Crippen LogP contribution in [0, 0.1) is 0 Å². The van der Waals surface area contributed by atoms with Crippen LogP contribution in [0.3, 0.4) is 0 Å². The van der Waals surface area contributed by atoms with Gasteiger partial charge < -0.3 is 0 Å². The third-order valence-electron chi connectivity index (χ3n) is 10.1. The van der Waals surface area contributed by atoms with Gasteiger partial charge in [0, 0.05) is 16.7 Å². The first-order valence-corrected chi connectivity index (χ1v) is 17.6. The maximum absolute atomic E-state index is 5.10. The lowest BCUT2D eigenvalue weighted by atomic mass is 9.92. The third-order valence-corrected chi connectivity index (χ3v) is 10.1. The van der Waals surface area contributed by atoms with E-state index >= 15 is 0 Å². The van der Waals surface area contributed by atoms with E-state index in [1.165, 1.54) is 49.7 Å². The second kappa shape index (κ2) is 12.4. The molecule has 0 amide bonds. The zero-order valence-electron chi connectivity index (χ0n) is 28.2. The maximum atomic E-state index is 5.10.